The first kappa shape index (κ1) is 14.4. The van der Waals surface area contributed by atoms with Crippen LogP contribution in [0.2, 0.25) is 0 Å². The summed E-state index contributed by atoms with van der Waals surface area (Å²) in [6.07, 6.45) is 11.1. The molecule has 3 nitrogen and oxygen atoms in total. The number of rotatable bonds is 0. The molecule has 22 heavy (non-hydrogen) atoms. The number of nitrogens with two attached hydrogens (primary N) is 1. The average Bonchev–Trinajstić information content (AvgIpc) is 2.72. The Hall–Kier alpha value is -1.22. The fourth-order valence-electron chi connectivity index (χ4n) is 5.91. The van der Waals surface area contributed by atoms with Crippen LogP contribution in [-0.4, -0.2) is 16.3 Å². The zero-order valence-electron chi connectivity index (χ0n) is 13.5. The van der Waals surface area contributed by atoms with Crippen molar-refractivity contribution < 1.29 is 10.2 Å². The van der Waals surface area contributed by atoms with Crippen molar-refractivity contribution in [3.63, 3.8) is 0 Å². The van der Waals surface area contributed by atoms with E-state index in [0.29, 0.717) is 23.5 Å². The van der Waals surface area contributed by atoms with Gasteiger partial charge in [0.1, 0.15) is 5.76 Å². The monoisotopic (exact) mass is 301 g/mol. The molecule has 4 aliphatic carbocycles. The van der Waals surface area contributed by atoms with E-state index in [0.717, 1.165) is 37.8 Å². The van der Waals surface area contributed by atoms with Crippen LogP contribution in [0.15, 0.2) is 35.3 Å². The molecule has 0 spiro atoms. The van der Waals surface area contributed by atoms with Crippen molar-refractivity contribution in [1.82, 2.24) is 0 Å². The molecule has 120 valence electrons. The Labute approximate surface area is 132 Å². The van der Waals surface area contributed by atoms with E-state index in [4.69, 9.17) is 5.73 Å². The highest BCUT2D eigenvalue weighted by molar-refractivity contribution is 5.35. The van der Waals surface area contributed by atoms with Gasteiger partial charge in [-0.1, -0.05) is 37.6 Å². The third kappa shape index (κ3) is 1.66. The number of aliphatic hydroxyl groups is 2. The standard InChI is InChI=1S/C19H27NO2/c1-18-7-5-12(21)9-11(18)3-4-13-14(18)6-8-19(2)15(13)10-16(22)17(19)20/h3,5,7,12-15,21-22H,4,6,8-10,20H2,1-2H3/t12?,13-,14-,15+,18+,19+/m1/s1. The van der Waals surface area contributed by atoms with Gasteiger partial charge in [0.15, 0.2) is 0 Å². The molecule has 1 saturated carbocycles. The molecule has 0 bridgehead atoms. The van der Waals surface area contributed by atoms with Gasteiger partial charge in [-0.25, -0.2) is 0 Å². The topological polar surface area (TPSA) is 66.5 Å². The highest BCUT2D eigenvalue weighted by atomic mass is 16.3. The van der Waals surface area contributed by atoms with Crippen molar-refractivity contribution in [2.24, 2.45) is 34.3 Å². The minimum absolute atomic E-state index is 0.0230. The third-order valence-electron chi connectivity index (χ3n) is 7.36. The van der Waals surface area contributed by atoms with E-state index in [1.807, 2.05) is 6.08 Å². The van der Waals surface area contributed by atoms with E-state index < -0.39 is 0 Å². The van der Waals surface area contributed by atoms with Crippen LogP contribution in [0.1, 0.15) is 46.0 Å². The maximum atomic E-state index is 10.2. The number of hydrogen-bond acceptors (Lipinski definition) is 3. The van der Waals surface area contributed by atoms with Gasteiger partial charge in [-0.15, -0.1) is 0 Å². The van der Waals surface area contributed by atoms with Crippen molar-refractivity contribution in [1.29, 1.82) is 0 Å². The number of hydrogen-bond donors (Lipinski definition) is 3. The molecular formula is C19H27NO2. The zero-order chi connectivity index (χ0) is 15.7. The summed E-state index contributed by atoms with van der Waals surface area (Å²) in [5.41, 5.74) is 8.45. The van der Waals surface area contributed by atoms with Crippen molar-refractivity contribution >= 4 is 0 Å². The molecule has 0 heterocycles. The van der Waals surface area contributed by atoms with E-state index in [2.05, 4.69) is 26.0 Å². The Morgan fingerprint density at radius 1 is 1.23 bits per heavy atom. The SMILES string of the molecule is C[C@]12C=CC(O)CC1=CC[C@@H]1[C@H]2CC[C@]2(C)C(N)=C(O)C[C@@H]12. The number of allylic oxidation sites excluding steroid dienone is 4. The van der Waals surface area contributed by atoms with Crippen LogP contribution >= 0.6 is 0 Å². The maximum Gasteiger partial charge on any atom is 0.112 e. The van der Waals surface area contributed by atoms with Gasteiger partial charge in [0.25, 0.3) is 0 Å². The lowest BCUT2D eigenvalue weighted by atomic mass is 9.49. The van der Waals surface area contributed by atoms with Crippen LogP contribution in [0, 0.1) is 28.6 Å². The summed E-state index contributed by atoms with van der Waals surface area (Å²) in [6, 6.07) is 0. The van der Waals surface area contributed by atoms with Crippen LogP contribution in [0.3, 0.4) is 0 Å². The lowest BCUT2D eigenvalue weighted by molar-refractivity contribution is 0.00282. The van der Waals surface area contributed by atoms with Crippen molar-refractivity contribution in [2.45, 2.75) is 52.1 Å². The second-order valence-corrected chi connectivity index (χ2v) is 8.28. The van der Waals surface area contributed by atoms with E-state index >= 15 is 0 Å². The molecule has 4 aliphatic rings. The lowest BCUT2D eigenvalue weighted by Gasteiger charge is -2.55. The molecule has 0 saturated heterocycles. The fourth-order valence-corrected chi connectivity index (χ4v) is 5.91. The average molecular weight is 301 g/mol. The Morgan fingerprint density at radius 2 is 2.00 bits per heavy atom. The molecule has 0 aliphatic heterocycles. The summed E-state index contributed by atoms with van der Waals surface area (Å²) in [5.74, 6) is 2.08. The maximum absolute atomic E-state index is 10.2. The Balaban J connectivity index is 1.72. The van der Waals surface area contributed by atoms with Gasteiger partial charge in [-0.3, -0.25) is 0 Å². The summed E-state index contributed by atoms with van der Waals surface area (Å²) in [5, 5.41) is 20.1. The molecule has 0 aromatic rings. The van der Waals surface area contributed by atoms with E-state index in [-0.39, 0.29) is 16.9 Å². The van der Waals surface area contributed by atoms with Gasteiger partial charge in [0.05, 0.1) is 11.8 Å². The van der Waals surface area contributed by atoms with Crippen LogP contribution in [0.25, 0.3) is 0 Å². The highest BCUT2D eigenvalue weighted by Gasteiger charge is 2.57. The van der Waals surface area contributed by atoms with Gasteiger partial charge in [-0.2, -0.15) is 0 Å². The molecule has 6 atom stereocenters. The first-order valence-electron chi connectivity index (χ1n) is 8.61. The second kappa shape index (κ2) is 4.41. The van der Waals surface area contributed by atoms with Gasteiger partial charge >= 0.3 is 0 Å². The minimum Gasteiger partial charge on any atom is -0.510 e. The predicted molar refractivity (Wildman–Crippen MR) is 86.8 cm³/mol. The van der Waals surface area contributed by atoms with Crippen LogP contribution in [-0.2, 0) is 0 Å². The largest absolute Gasteiger partial charge is 0.510 e. The molecule has 0 radical (unpaired) electrons. The number of fused-ring (bicyclic) bond motifs is 5. The van der Waals surface area contributed by atoms with Crippen molar-refractivity contribution in [3.05, 3.63) is 35.3 Å². The van der Waals surface area contributed by atoms with E-state index in [1.165, 1.54) is 5.57 Å². The molecule has 1 unspecified atom stereocenters. The first-order valence-corrected chi connectivity index (χ1v) is 8.61. The van der Waals surface area contributed by atoms with Crippen molar-refractivity contribution in [2.75, 3.05) is 0 Å². The van der Waals surface area contributed by atoms with Gasteiger partial charge < -0.3 is 15.9 Å². The molecule has 0 amide bonds. The van der Waals surface area contributed by atoms with Crippen LogP contribution in [0.4, 0.5) is 0 Å². The predicted octanol–water partition coefficient (Wildman–Crippen LogP) is 3.42. The van der Waals surface area contributed by atoms with Crippen LogP contribution in [0.5, 0.6) is 0 Å². The summed E-state index contributed by atoms with van der Waals surface area (Å²) in [7, 11) is 0. The quantitative estimate of drug-likeness (QED) is 0.601. The smallest absolute Gasteiger partial charge is 0.112 e. The lowest BCUT2D eigenvalue weighted by Crippen LogP contribution is -2.49. The Morgan fingerprint density at radius 3 is 2.77 bits per heavy atom. The molecule has 4 rings (SSSR count). The second-order valence-electron chi connectivity index (χ2n) is 8.28. The number of aliphatic hydroxyl groups excluding tert-OH is 2. The minimum atomic E-state index is -0.322. The molecule has 0 aromatic heterocycles. The molecule has 0 aromatic carbocycles. The fraction of sp³-hybridized carbons (Fsp3) is 0.684. The Kier molecular flexibility index (Phi) is 2.88. The summed E-state index contributed by atoms with van der Waals surface area (Å²) in [6.45, 7) is 4.58. The van der Waals surface area contributed by atoms with Crippen molar-refractivity contribution in [3.8, 4) is 0 Å². The Bertz CT molecular complexity index is 605. The zero-order valence-corrected chi connectivity index (χ0v) is 13.5. The molecule has 4 N–H and O–H groups in total. The summed E-state index contributed by atoms with van der Waals surface area (Å²) in [4.78, 5) is 0. The summed E-state index contributed by atoms with van der Waals surface area (Å²) >= 11 is 0. The molecular weight excluding hydrogens is 274 g/mol. The normalized spacial score (nSPS) is 50.2. The first-order chi connectivity index (χ1) is 10.4. The highest BCUT2D eigenvalue weighted by Crippen LogP contribution is 2.64. The summed E-state index contributed by atoms with van der Waals surface area (Å²) < 4.78 is 0. The van der Waals surface area contributed by atoms with Gasteiger partial charge in [0, 0.05) is 17.3 Å². The van der Waals surface area contributed by atoms with Gasteiger partial charge in [0.2, 0.25) is 0 Å². The third-order valence-corrected chi connectivity index (χ3v) is 7.36. The van der Waals surface area contributed by atoms with E-state index in [9.17, 15) is 10.2 Å². The molecule has 3 heteroatoms. The van der Waals surface area contributed by atoms with Gasteiger partial charge in [-0.05, 0) is 43.4 Å². The van der Waals surface area contributed by atoms with Crippen LogP contribution < -0.4 is 5.73 Å². The molecule has 1 fully saturated rings. The van der Waals surface area contributed by atoms with E-state index in [1.54, 1.807) is 0 Å².